The minimum Gasteiger partial charge on any atom is -0.508 e. The first-order chi connectivity index (χ1) is 12.5. The number of aromatic hydroxyl groups is 1. The van der Waals surface area contributed by atoms with Gasteiger partial charge in [-0.05, 0) is 58.3 Å². The van der Waals surface area contributed by atoms with E-state index in [9.17, 15) is 5.11 Å². The van der Waals surface area contributed by atoms with E-state index in [1.54, 1.807) is 12.3 Å². The Kier molecular flexibility index (Phi) is 6.14. The third-order valence-electron chi connectivity index (χ3n) is 5.18. The smallest absolute Gasteiger partial charge is 0.121 e. The van der Waals surface area contributed by atoms with Crippen LogP contribution in [-0.2, 0) is 0 Å². The lowest BCUT2D eigenvalue weighted by atomic mass is 9.89. The van der Waals surface area contributed by atoms with Gasteiger partial charge in [-0.25, -0.2) is 0 Å². The lowest BCUT2D eigenvalue weighted by molar-refractivity contribution is 0.0120. The number of benzene rings is 1. The Morgan fingerprint density at radius 2 is 2.12 bits per heavy atom. The van der Waals surface area contributed by atoms with E-state index in [0.29, 0.717) is 5.02 Å². The SMILES string of the molecule is CC(N(C)C)N1CCCNC1C(c1ccccn1)c1ccc(Cl)cc1O. The maximum Gasteiger partial charge on any atom is 0.121 e. The summed E-state index contributed by atoms with van der Waals surface area (Å²) < 4.78 is 0. The fraction of sp³-hybridized carbons (Fsp3) is 0.450. The molecule has 0 amide bonds. The zero-order valence-corrected chi connectivity index (χ0v) is 16.3. The monoisotopic (exact) mass is 374 g/mol. The molecule has 0 aliphatic carbocycles. The molecule has 1 aromatic carbocycles. The highest BCUT2D eigenvalue weighted by Gasteiger charge is 2.36. The maximum absolute atomic E-state index is 10.6. The van der Waals surface area contributed by atoms with Gasteiger partial charge in [0.2, 0.25) is 0 Å². The molecule has 1 aliphatic heterocycles. The van der Waals surface area contributed by atoms with Crippen LogP contribution in [0, 0.1) is 0 Å². The average molecular weight is 375 g/mol. The molecular weight excluding hydrogens is 348 g/mol. The van der Waals surface area contributed by atoms with Gasteiger partial charge >= 0.3 is 0 Å². The fourth-order valence-corrected chi connectivity index (χ4v) is 3.79. The van der Waals surface area contributed by atoms with Crippen molar-refractivity contribution in [3.8, 4) is 5.75 Å². The molecule has 26 heavy (non-hydrogen) atoms. The van der Waals surface area contributed by atoms with Gasteiger partial charge in [0.1, 0.15) is 5.75 Å². The molecule has 0 radical (unpaired) electrons. The Balaban J connectivity index is 2.07. The Labute approximate surface area is 160 Å². The van der Waals surface area contributed by atoms with Crippen molar-refractivity contribution in [3.63, 3.8) is 0 Å². The number of nitrogens with zero attached hydrogens (tertiary/aromatic N) is 3. The summed E-state index contributed by atoms with van der Waals surface area (Å²) in [5, 5.41) is 14.8. The molecule has 2 heterocycles. The Morgan fingerprint density at radius 3 is 2.77 bits per heavy atom. The molecule has 3 rings (SSSR count). The predicted molar refractivity (Wildman–Crippen MR) is 105 cm³/mol. The second-order valence-electron chi connectivity index (χ2n) is 7.02. The quantitative estimate of drug-likeness (QED) is 0.842. The number of hydrogen-bond donors (Lipinski definition) is 2. The van der Waals surface area contributed by atoms with Crippen LogP contribution in [0.5, 0.6) is 5.75 Å². The van der Waals surface area contributed by atoms with E-state index in [2.05, 4.69) is 41.1 Å². The number of pyridine rings is 1. The van der Waals surface area contributed by atoms with Crippen LogP contribution in [0.4, 0.5) is 0 Å². The first-order valence-corrected chi connectivity index (χ1v) is 9.41. The van der Waals surface area contributed by atoms with E-state index < -0.39 is 0 Å². The maximum atomic E-state index is 10.6. The Hall–Kier alpha value is -1.66. The zero-order valence-electron chi connectivity index (χ0n) is 15.6. The molecule has 140 valence electrons. The number of aromatic nitrogens is 1. The van der Waals surface area contributed by atoms with Crippen molar-refractivity contribution in [2.45, 2.75) is 31.6 Å². The van der Waals surface area contributed by atoms with Crippen LogP contribution >= 0.6 is 11.6 Å². The Bertz CT molecular complexity index is 725. The van der Waals surface area contributed by atoms with Crippen LogP contribution in [0.25, 0.3) is 0 Å². The first-order valence-electron chi connectivity index (χ1n) is 9.04. The molecule has 2 N–H and O–H groups in total. The highest BCUT2D eigenvalue weighted by Crippen LogP contribution is 2.37. The minimum absolute atomic E-state index is 0.0307. The van der Waals surface area contributed by atoms with Crippen molar-refractivity contribution < 1.29 is 5.11 Å². The summed E-state index contributed by atoms with van der Waals surface area (Å²) in [6.07, 6.45) is 3.19. The molecule has 3 atom stereocenters. The summed E-state index contributed by atoms with van der Waals surface area (Å²) in [5.74, 6) is 0.106. The molecule has 1 saturated heterocycles. The lowest BCUT2D eigenvalue weighted by Gasteiger charge is -2.46. The van der Waals surface area contributed by atoms with Gasteiger partial charge in [-0.1, -0.05) is 23.7 Å². The van der Waals surface area contributed by atoms with Crippen molar-refractivity contribution in [2.75, 3.05) is 27.2 Å². The highest BCUT2D eigenvalue weighted by atomic mass is 35.5. The van der Waals surface area contributed by atoms with E-state index in [-0.39, 0.29) is 24.0 Å². The molecule has 5 nitrogen and oxygen atoms in total. The molecule has 0 saturated carbocycles. The molecule has 3 unspecified atom stereocenters. The van der Waals surface area contributed by atoms with Crippen molar-refractivity contribution in [1.29, 1.82) is 0 Å². The minimum atomic E-state index is -0.101. The van der Waals surface area contributed by atoms with Crippen molar-refractivity contribution in [1.82, 2.24) is 20.1 Å². The summed E-state index contributed by atoms with van der Waals surface area (Å²) in [6, 6.07) is 11.3. The van der Waals surface area contributed by atoms with Crippen LogP contribution in [0.2, 0.25) is 5.02 Å². The number of hydrogen-bond acceptors (Lipinski definition) is 5. The first kappa shape index (κ1) is 19.1. The third kappa shape index (κ3) is 4.01. The summed E-state index contributed by atoms with van der Waals surface area (Å²) in [5.41, 5.74) is 1.77. The van der Waals surface area contributed by atoms with Crippen LogP contribution in [-0.4, -0.2) is 59.4 Å². The Morgan fingerprint density at radius 1 is 1.31 bits per heavy atom. The normalized spacial score (nSPS) is 20.9. The highest BCUT2D eigenvalue weighted by molar-refractivity contribution is 6.30. The van der Waals surface area contributed by atoms with Crippen LogP contribution in [0.1, 0.15) is 30.5 Å². The second kappa shape index (κ2) is 8.35. The third-order valence-corrected chi connectivity index (χ3v) is 5.42. The molecule has 0 spiro atoms. The number of phenols is 1. The van der Waals surface area contributed by atoms with Gasteiger partial charge in [0.05, 0.1) is 23.9 Å². The largest absolute Gasteiger partial charge is 0.508 e. The van der Waals surface area contributed by atoms with Gasteiger partial charge in [-0.15, -0.1) is 0 Å². The molecule has 0 bridgehead atoms. The number of phenolic OH excluding ortho intramolecular Hbond substituents is 1. The van der Waals surface area contributed by atoms with E-state index in [1.807, 2.05) is 30.3 Å². The molecular formula is C20H27ClN4O. The van der Waals surface area contributed by atoms with Crippen LogP contribution in [0.15, 0.2) is 42.6 Å². The van der Waals surface area contributed by atoms with Gasteiger partial charge in [-0.2, -0.15) is 0 Å². The van der Waals surface area contributed by atoms with Crippen molar-refractivity contribution >= 4 is 11.6 Å². The van der Waals surface area contributed by atoms with Crippen LogP contribution in [0.3, 0.4) is 0 Å². The number of rotatable bonds is 5. The van der Waals surface area contributed by atoms with Gasteiger partial charge in [0, 0.05) is 23.3 Å². The molecule has 6 heteroatoms. The van der Waals surface area contributed by atoms with Gasteiger partial charge in [0.25, 0.3) is 0 Å². The summed E-state index contributed by atoms with van der Waals surface area (Å²) >= 11 is 6.07. The van der Waals surface area contributed by atoms with Crippen molar-refractivity contribution in [2.24, 2.45) is 0 Å². The fourth-order valence-electron chi connectivity index (χ4n) is 3.62. The molecule has 1 aliphatic rings. The number of nitrogens with one attached hydrogen (secondary N) is 1. The summed E-state index contributed by atoms with van der Waals surface area (Å²) in [6.45, 7) is 4.14. The summed E-state index contributed by atoms with van der Waals surface area (Å²) in [7, 11) is 4.18. The zero-order chi connectivity index (χ0) is 18.7. The lowest BCUT2D eigenvalue weighted by Crippen LogP contribution is -2.60. The van der Waals surface area contributed by atoms with E-state index in [0.717, 1.165) is 30.8 Å². The van der Waals surface area contributed by atoms with Gasteiger partial charge in [-0.3, -0.25) is 14.8 Å². The molecule has 1 aromatic heterocycles. The van der Waals surface area contributed by atoms with E-state index >= 15 is 0 Å². The van der Waals surface area contributed by atoms with E-state index in [4.69, 9.17) is 11.6 Å². The number of halogens is 1. The molecule has 1 fully saturated rings. The predicted octanol–water partition coefficient (Wildman–Crippen LogP) is 3.10. The molecule has 2 aromatic rings. The summed E-state index contributed by atoms with van der Waals surface area (Å²) in [4.78, 5) is 9.26. The standard InChI is InChI=1S/C20H27ClN4O/c1-14(24(2)3)25-12-6-11-23-20(25)19(17-7-4-5-10-22-17)16-9-8-15(21)13-18(16)26/h4-5,7-10,13-14,19-20,23,26H,6,11-12H2,1-3H3. The van der Waals surface area contributed by atoms with Gasteiger partial charge < -0.3 is 10.4 Å². The van der Waals surface area contributed by atoms with Gasteiger partial charge in [0.15, 0.2) is 0 Å². The van der Waals surface area contributed by atoms with E-state index in [1.165, 1.54) is 0 Å². The second-order valence-corrected chi connectivity index (χ2v) is 7.46. The van der Waals surface area contributed by atoms with Crippen molar-refractivity contribution in [3.05, 3.63) is 58.9 Å². The van der Waals surface area contributed by atoms with Crippen LogP contribution < -0.4 is 5.32 Å². The topological polar surface area (TPSA) is 51.6 Å². The average Bonchev–Trinajstić information content (AvgIpc) is 2.64.